The molecule has 6 aromatic rings. The summed E-state index contributed by atoms with van der Waals surface area (Å²) in [6.45, 7) is 8.82. The first-order valence-corrected chi connectivity index (χ1v) is 16.3. The Hall–Kier alpha value is -5.05. The lowest BCUT2D eigenvalue weighted by Gasteiger charge is -2.10. The highest BCUT2D eigenvalue weighted by molar-refractivity contribution is 5.63. The normalized spacial score (nSPS) is 15.0. The van der Waals surface area contributed by atoms with E-state index >= 15 is 0 Å². The van der Waals surface area contributed by atoms with Gasteiger partial charge in [0.05, 0.1) is 6.54 Å². The molecule has 15 nitrogen and oxygen atoms in total. The Balaban J connectivity index is 0.000000150. The molecule has 0 unspecified atom stereocenters. The van der Waals surface area contributed by atoms with Crippen molar-refractivity contribution < 1.29 is 0 Å². The number of nitrogens with one attached hydrogen (secondary N) is 1. The van der Waals surface area contributed by atoms with Crippen molar-refractivity contribution in [1.82, 2.24) is 69.0 Å². The summed E-state index contributed by atoms with van der Waals surface area (Å²) >= 11 is 0. The van der Waals surface area contributed by atoms with Crippen LogP contribution < -0.4 is 10.2 Å². The van der Waals surface area contributed by atoms with Crippen molar-refractivity contribution in [1.29, 1.82) is 0 Å². The Morgan fingerprint density at radius 1 is 0.787 bits per heavy atom. The van der Waals surface area contributed by atoms with Gasteiger partial charge in [0.1, 0.15) is 5.82 Å². The van der Waals surface area contributed by atoms with Crippen molar-refractivity contribution in [2.45, 2.75) is 71.9 Å². The van der Waals surface area contributed by atoms with Gasteiger partial charge in [-0.05, 0) is 76.8 Å². The van der Waals surface area contributed by atoms with Gasteiger partial charge < -0.3 is 10.2 Å². The van der Waals surface area contributed by atoms with E-state index < -0.39 is 0 Å². The van der Waals surface area contributed by atoms with Gasteiger partial charge in [0.25, 0.3) is 5.78 Å². The van der Waals surface area contributed by atoms with Crippen molar-refractivity contribution in [2.24, 2.45) is 14.1 Å². The van der Waals surface area contributed by atoms with Crippen LogP contribution in [-0.2, 0) is 33.5 Å². The van der Waals surface area contributed by atoms with E-state index in [-0.39, 0.29) is 0 Å². The van der Waals surface area contributed by atoms with Gasteiger partial charge in [0.2, 0.25) is 5.95 Å². The standard InChI is InChI=1S/C16H20N8.C16H21N7/c1-10-8-11(2)24-16(18-10)20-13(22-24)6-7-15-19-14(21-23(15)3)9-17-12-4-5-12;1-12-6-5-7-15-17-13(19-23(12)15)8-9-14-18-16(20-21(14)2)22-10-3-4-11-22/h6-8,12,17H,4-5,9H2,1-3H3;5-7H,3-4,8-11H2,1-2H3. The average molecular weight is 636 g/mol. The molecular weight excluding hydrogens is 594 g/mol. The molecule has 0 aromatic carbocycles. The lowest BCUT2D eigenvalue weighted by molar-refractivity contribution is 0.645. The molecular formula is C32H41N15. The van der Waals surface area contributed by atoms with E-state index in [0.717, 1.165) is 77.9 Å². The third-order valence-electron chi connectivity index (χ3n) is 8.38. The first-order valence-electron chi connectivity index (χ1n) is 16.3. The molecule has 8 rings (SSSR count). The van der Waals surface area contributed by atoms with E-state index in [1.54, 1.807) is 9.20 Å². The summed E-state index contributed by atoms with van der Waals surface area (Å²) in [6.07, 6.45) is 10.3. The molecule has 0 atom stereocenters. The zero-order valence-electron chi connectivity index (χ0n) is 27.7. The molecule has 2 fully saturated rings. The number of pyridine rings is 1. The minimum absolute atomic E-state index is 0.608. The van der Waals surface area contributed by atoms with Gasteiger partial charge in [-0.3, -0.25) is 4.68 Å². The van der Waals surface area contributed by atoms with Crippen molar-refractivity contribution >= 4 is 29.5 Å². The van der Waals surface area contributed by atoms with Crippen LogP contribution in [0.3, 0.4) is 0 Å². The molecule has 1 saturated carbocycles. The minimum atomic E-state index is 0.608. The predicted molar refractivity (Wildman–Crippen MR) is 178 cm³/mol. The molecule has 1 aliphatic heterocycles. The third-order valence-corrected chi connectivity index (χ3v) is 8.38. The van der Waals surface area contributed by atoms with E-state index in [9.17, 15) is 0 Å². The number of anilines is 1. The number of nitrogens with zero attached hydrogens (tertiary/aromatic N) is 14. The smallest absolute Gasteiger partial charge is 0.253 e. The summed E-state index contributed by atoms with van der Waals surface area (Å²) in [6, 6.07) is 8.66. The van der Waals surface area contributed by atoms with Crippen LogP contribution in [0.1, 0.15) is 71.9 Å². The summed E-state index contributed by atoms with van der Waals surface area (Å²) < 4.78 is 7.29. The summed E-state index contributed by atoms with van der Waals surface area (Å²) in [5.74, 6) is 5.50. The van der Waals surface area contributed by atoms with Crippen LogP contribution in [0.5, 0.6) is 0 Å². The Labute approximate surface area is 272 Å². The van der Waals surface area contributed by atoms with Gasteiger partial charge in [-0.15, -0.1) is 10.2 Å². The first-order chi connectivity index (χ1) is 22.8. The highest BCUT2D eigenvalue weighted by atomic mass is 15.4. The second-order valence-electron chi connectivity index (χ2n) is 12.3. The number of aromatic nitrogens is 13. The zero-order chi connectivity index (χ0) is 32.5. The third kappa shape index (κ3) is 7.04. The fourth-order valence-electron chi connectivity index (χ4n) is 5.68. The number of hydrogen-bond acceptors (Lipinski definition) is 11. The molecule has 2 aliphatic rings. The highest BCUT2D eigenvalue weighted by Crippen LogP contribution is 2.19. The number of aryl methyl sites for hydroxylation is 7. The maximum Gasteiger partial charge on any atom is 0.253 e. The Kier molecular flexibility index (Phi) is 8.45. The Bertz CT molecular complexity index is 2030. The quantitative estimate of drug-likeness (QED) is 0.250. The minimum Gasteiger partial charge on any atom is -0.340 e. The second-order valence-corrected chi connectivity index (χ2v) is 12.3. The maximum absolute atomic E-state index is 4.69. The number of hydrogen-bond donors (Lipinski definition) is 1. The van der Waals surface area contributed by atoms with Crippen molar-refractivity contribution in [3.05, 3.63) is 70.5 Å². The molecule has 1 saturated heterocycles. The van der Waals surface area contributed by atoms with E-state index in [2.05, 4.69) is 50.5 Å². The lowest BCUT2D eigenvalue weighted by atomic mass is 10.3. The van der Waals surface area contributed by atoms with E-state index in [4.69, 9.17) is 4.98 Å². The van der Waals surface area contributed by atoms with Crippen LogP contribution >= 0.6 is 0 Å². The monoisotopic (exact) mass is 635 g/mol. The van der Waals surface area contributed by atoms with Gasteiger partial charge in [-0.2, -0.15) is 20.2 Å². The molecule has 15 heteroatoms. The molecule has 7 heterocycles. The molecule has 0 spiro atoms. The lowest BCUT2D eigenvalue weighted by Crippen LogP contribution is -2.19. The van der Waals surface area contributed by atoms with Crippen LogP contribution in [0.2, 0.25) is 0 Å². The molecule has 0 bridgehead atoms. The summed E-state index contributed by atoms with van der Waals surface area (Å²) in [7, 11) is 3.85. The fraction of sp³-hybridized carbons (Fsp3) is 0.469. The van der Waals surface area contributed by atoms with Gasteiger partial charge in [0.15, 0.2) is 28.9 Å². The van der Waals surface area contributed by atoms with Crippen LogP contribution in [0.4, 0.5) is 5.95 Å². The van der Waals surface area contributed by atoms with Crippen LogP contribution in [0, 0.1) is 20.8 Å². The fourth-order valence-corrected chi connectivity index (χ4v) is 5.68. The molecule has 1 N–H and O–H groups in total. The maximum atomic E-state index is 4.69. The molecule has 0 radical (unpaired) electrons. The van der Waals surface area contributed by atoms with Gasteiger partial charge in [0, 0.05) is 63.2 Å². The molecule has 1 aliphatic carbocycles. The predicted octanol–water partition coefficient (Wildman–Crippen LogP) is 2.84. The molecule has 6 aromatic heterocycles. The van der Waals surface area contributed by atoms with Crippen LogP contribution in [0.25, 0.3) is 23.6 Å². The zero-order valence-corrected chi connectivity index (χ0v) is 27.7. The number of fused-ring (bicyclic) bond motifs is 2. The van der Waals surface area contributed by atoms with Gasteiger partial charge >= 0.3 is 0 Å². The molecule has 0 amide bonds. The van der Waals surface area contributed by atoms with Crippen molar-refractivity contribution in [3.8, 4) is 0 Å². The summed E-state index contributed by atoms with van der Waals surface area (Å²) in [5, 5.41) is 21.4. The summed E-state index contributed by atoms with van der Waals surface area (Å²) in [5.41, 5.74) is 3.94. The summed E-state index contributed by atoms with van der Waals surface area (Å²) in [4.78, 5) is 24.9. The topological polar surface area (TPSA) is 150 Å². The van der Waals surface area contributed by atoms with Crippen LogP contribution in [0.15, 0.2) is 24.3 Å². The highest BCUT2D eigenvalue weighted by Gasteiger charge is 2.21. The Morgan fingerprint density at radius 3 is 2.40 bits per heavy atom. The van der Waals surface area contributed by atoms with E-state index in [0.29, 0.717) is 24.2 Å². The second kappa shape index (κ2) is 13.0. The van der Waals surface area contributed by atoms with Gasteiger partial charge in [-0.25, -0.2) is 28.7 Å². The van der Waals surface area contributed by atoms with E-state index in [1.807, 2.05) is 80.5 Å². The Morgan fingerprint density at radius 2 is 1.62 bits per heavy atom. The van der Waals surface area contributed by atoms with Crippen LogP contribution in [-0.4, -0.2) is 82.8 Å². The van der Waals surface area contributed by atoms with Gasteiger partial charge in [-0.1, -0.05) is 6.07 Å². The van der Waals surface area contributed by atoms with Crippen molar-refractivity contribution in [2.75, 3.05) is 18.0 Å². The average Bonchev–Trinajstić information content (AvgIpc) is 3.54. The SMILES string of the molecule is Cc1cc(C)n2nc(C=Cc3nc(CNC4CC4)nn3C)nc2n1.Cc1cccc2nc(CCc3nc(N4CCCC4)nn3C)nn12. The molecule has 47 heavy (non-hydrogen) atoms. The van der Waals surface area contributed by atoms with Crippen molar-refractivity contribution in [3.63, 3.8) is 0 Å². The number of rotatable bonds is 9. The largest absolute Gasteiger partial charge is 0.340 e. The van der Waals surface area contributed by atoms with E-state index in [1.165, 1.54) is 25.7 Å². The first kappa shape index (κ1) is 30.6. The molecule has 244 valence electrons.